The maximum absolute atomic E-state index is 14.1. The van der Waals surface area contributed by atoms with Crippen LogP contribution in [-0.4, -0.2) is 118 Å². The Labute approximate surface area is 675 Å². The van der Waals surface area contributed by atoms with E-state index in [0.717, 1.165) is 55.9 Å². The molecule has 24 heteroatoms. The maximum Gasteiger partial charge on any atom is 0.273 e. The first kappa shape index (κ1) is 79.0. The van der Waals surface area contributed by atoms with Crippen molar-refractivity contribution in [2.45, 2.75) is 79.3 Å². The lowest BCUT2D eigenvalue weighted by Crippen LogP contribution is -2.34. The Morgan fingerprint density at radius 1 is 0.443 bits per heavy atom. The lowest BCUT2D eigenvalue weighted by atomic mass is 10.1. The number of aryl methyl sites for hydroxylation is 3. The third kappa shape index (κ3) is 20.3. The van der Waals surface area contributed by atoms with Crippen LogP contribution in [0.4, 0.5) is 0 Å². The Balaban J connectivity index is 0.000000150. The molecule has 570 valence electrons. The lowest BCUT2D eigenvalue weighted by Gasteiger charge is -2.24. The minimum atomic E-state index is -0.250. The summed E-state index contributed by atoms with van der Waals surface area (Å²) in [4.78, 5) is 60.8. The molecule has 9 aromatic carbocycles. The molecule has 0 saturated carbocycles. The van der Waals surface area contributed by atoms with Gasteiger partial charge in [-0.15, -0.1) is 30.6 Å². The number of carbonyl (C=O) groups is 3. The van der Waals surface area contributed by atoms with Gasteiger partial charge in [-0.2, -0.15) is 15.8 Å². The van der Waals surface area contributed by atoms with Crippen LogP contribution >= 0.6 is 23.2 Å². The number of nitriles is 3. The fourth-order valence-corrected chi connectivity index (χ4v) is 13.5. The number of para-hydroxylation sites is 2. The molecule has 0 N–H and O–H groups in total. The molecule has 0 bridgehead atoms. The van der Waals surface area contributed by atoms with Crippen LogP contribution in [0.3, 0.4) is 0 Å². The van der Waals surface area contributed by atoms with Crippen LogP contribution in [0.5, 0.6) is 5.75 Å². The van der Waals surface area contributed by atoms with Gasteiger partial charge in [-0.25, -0.2) is 4.98 Å². The first-order chi connectivity index (χ1) is 56.0. The highest BCUT2D eigenvalue weighted by Crippen LogP contribution is 2.31. The molecular weight excluding hydrogens is 1480 g/mol. The second-order valence-corrected chi connectivity index (χ2v) is 28.5. The molecule has 0 aliphatic carbocycles. The number of carbonyl (C=O) groups excluding carboxylic acids is 3. The van der Waals surface area contributed by atoms with Crippen LogP contribution in [-0.2, 0) is 58.5 Å². The summed E-state index contributed by atoms with van der Waals surface area (Å²) in [5.41, 5.74) is 15.1. The molecule has 0 spiro atoms. The summed E-state index contributed by atoms with van der Waals surface area (Å²) in [6, 6.07) is 77.6. The Morgan fingerprint density at radius 3 is 1.30 bits per heavy atom. The normalized spacial score (nSPS) is 10.8. The van der Waals surface area contributed by atoms with E-state index >= 15 is 0 Å². The van der Waals surface area contributed by atoms with E-state index in [1.165, 1.54) is 28.5 Å². The molecule has 0 saturated heterocycles. The first-order valence-electron chi connectivity index (χ1n) is 37.2. The molecule has 0 atom stereocenters. The predicted molar refractivity (Wildman–Crippen MR) is 442 cm³/mol. The molecule has 115 heavy (non-hydrogen) atoms. The van der Waals surface area contributed by atoms with Crippen LogP contribution in [0.2, 0.25) is 10.0 Å². The number of methoxy groups -OCH3 is 1. The summed E-state index contributed by atoms with van der Waals surface area (Å²) in [7, 11) is 1.59. The largest absolute Gasteiger partial charge is 0.496 e. The van der Waals surface area contributed by atoms with Gasteiger partial charge in [-0.3, -0.25) is 24.4 Å². The number of hydrogen-bond donors (Lipinski definition) is 0. The quantitative estimate of drug-likeness (QED) is 0.0514. The van der Waals surface area contributed by atoms with E-state index in [2.05, 4.69) is 150 Å². The monoisotopic (exact) mass is 1560 g/mol. The van der Waals surface area contributed by atoms with E-state index in [0.29, 0.717) is 136 Å². The number of aromatic nitrogens is 12. The van der Waals surface area contributed by atoms with E-state index in [-0.39, 0.29) is 30.8 Å². The summed E-state index contributed by atoms with van der Waals surface area (Å²) >= 11 is 12.7. The summed E-state index contributed by atoms with van der Waals surface area (Å²) < 4.78 is 11.3. The smallest absolute Gasteiger partial charge is 0.273 e. The summed E-state index contributed by atoms with van der Waals surface area (Å²) in [5.74, 6) is 2.05. The number of hydrogen-bond acceptors (Lipinski definition) is 16. The van der Waals surface area contributed by atoms with Gasteiger partial charge < -0.3 is 33.1 Å². The van der Waals surface area contributed by atoms with Crippen molar-refractivity contribution < 1.29 is 19.1 Å². The summed E-state index contributed by atoms with van der Waals surface area (Å²) in [6.45, 7) is 9.98. The average Bonchev–Trinajstić information content (AvgIpc) is 1.39. The fraction of sp³-hybridized carbons (Fsp3) is 0.176. The van der Waals surface area contributed by atoms with Crippen molar-refractivity contribution in [1.29, 1.82) is 15.8 Å². The highest BCUT2D eigenvalue weighted by molar-refractivity contribution is 6.36. The van der Waals surface area contributed by atoms with Crippen LogP contribution < -0.4 is 4.74 Å². The van der Waals surface area contributed by atoms with E-state index in [1.807, 2.05) is 110 Å². The number of ether oxygens (including phenoxy) is 1. The van der Waals surface area contributed by atoms with Crippen LogP contribution in [0.15, 0.2) is 256 Å². The Hall–Kier alpha value is -14.1. The molecule has 0 aliphatic rings. The van der Waals surface area contributed by atoms with E-state index in [9.17, 15) is 14.4 Å². The van der Waals surface area contributed by atoms with E-state index < -0.39 is 0 Å². The second-order valence-electron chi connectivity index (χ2n) is 27.7. The molecule has 15 rings (SSSR count). The van der Waals surface area contributed by atoms with Crippen LogP contribution in [0, 0.1) is 54.8 Å². The zero-order chi connectivity index (χ0) is 80.2. The molecule has 6 heterocycles. The fourth-order valence-electron chi connectivity index (χ4n) is 13.1. The van der Waals surface area contributed by atoms with Gasteiger partial charge in [0.25, 0.3) is 17.7 Å². The summed E-state index contributed by atoms with van der Waals surface area (Å²) in [5, 5.41) is 55.8. The zero-order valence-electron chi connectivity index (χ0n) is 63.7. The molecular formula is C91H78Cl2N18O4. The zero-order valence-corrected chi connectivity index (χ0v) is 65.2. The highest BCUT2D eigenvalue weighted by atomic mass is 35.5. The van der Waals surface area contributed by atoms with Crippen molar-refractivity contribution in [2.24, 2.45) is 0 Å². The number of rotatable bonds is 25. The molecule has 6 aromatic heterocycles. The van der Waals surface area contributed by atoms with Crippen molar-refractivity contribution in [3.8, 4) is 24.0 Å². The van der Waals surface area contributed by atoms with Gasteiger partial charge in [-0.1, -0.05) is 185 Å². The second kappa shape index (κ2) is 37.7. The van der Waals surface area contributed by atoms with Crippen LogP contribution in [0.1, 0.15) is 115 Å². The third-order valence-electron chi connectivity index (χ3n) is 19.6. The number of halogens is 2. The maximum atomic E-state index is 14.1. The van der Waals surface area contributed by atoms with Crippen molar-refractivity contribution >= 4 is 73.6 Å². The molecule has 15 aromatic rings. The number of fused-ring (bicyclic) bond motifs is 3. The van der Waals surface area contributed by atoms with Gasteiger partial charge in [0.15, 0.2) is 17.5 Å². The highest BCUT2D eigenvalue weighted by Gasteiger charge is 2.27. The van der Waals surface area contributed by atoms with Crippen LogP contribution in [0.25, 0.3) is 32.7 Å². The first-order valence-corrected chi connectivity index (χ1v) is 37.9. The number of nitrogens with zero attached hydrogens (tertiary/aromatic N) is 18. The average molecular weight is 1560 g/mol. The van der Waals surface area contributed by atoms with Crippen molar-refractivity contribution in [3.63, 3.8) is 0 Å². The Kier molecular flexibility index (Phi) is 25.9. The van der Waals surface area contributed by atoms with E-state index in [1.54, 1.807) is 109 Å². The minimum absolute atomic E-state index is 0.0707. The minimum Gasteiger partial charge on any atom is -0.496 e. The SMILES string of the molecule is COc1cc(C(=O)N(CCc2ccc(C)cc2)Cc2nncn2Cc2ccc(C#N)cc2)nc2ccccc12.Cc1ccc(CCN(Cc2nncn2Cc2ccc(C#N)cc2)C(=O)c2c(Cl)ccc3cc(Cl)cnc23)cc1.Cc1ccc(CCN(Cc2nncn2Cc2ccc(C#N)cc2)C(=O)c2ccnc3ccccc23)cc1. The molecule has 0 fully saturated rings. The number of amides is 3. The molecule has 0 unspecified atom stereocenters. The van der Waals surface area contributed by atoms with Crippen molar-refractivity contribution in [2.75, 3.05) is 26.7 Å². The molecule has 22 nitrogen and oxygen atoms in total. The van der Waals surface area contributed by atoms with Gasteiger partial charge in [0.2, 0.25) is 0 Å². The Bertz CT molecular complexity index is 6050. The van der Waals surface area contributed by atoms with Gasteiger partial charge in [0, 0.05) is 54.3 Å². The number of benzene rings is 9. The van der Waals surface area contributed by atoms with Gasteiger partial charge >= 0.3 is 0 Å². The topological polar surface area (TPSA) is 272 Å². The van der Waals surface area contributed by atoms with Gasteiger partial charge in [-0.05, 0) is 146 Å². The third-order valence-corrected chi connectivity index (χ3v) is 20.1. The molecule has 3 amide bonds. The summed E-state index contributed by atoms with van der Waals surface area (Å²) in [6.07, 6.45) is 10.2. The van der Waals surface area contributed by atoms with Gasteiger partial charge in [0.1, 0.15) is 30.4 Å². The van der Waals surface area contributed by atoms with Gasteiger partial charge in [0.05, 0.1) is 119 Å². The van der Waals surface area contributed by atoms with Crippen molar-refractivity contribution in [3.05, 3.63) is 367 Å². The standard InChI is InChI=1S/C31H28N6O2.C30H24Cl2N6O.C30H26N6O/c1-22-7-9-23(10-8-22)15-16-36(31(38)28-17-29(39-2)26-5-3-4-6-27(26)34-28)20-30-35-33-21-37(30)19-25-13-11-24(18-32)12-14-25;1-20-2-4-21(5-3-20)12-13-37(30(39)28-26(32)11-10-24-14-25(31)16-34-29(24)28)18-27-36-35-19-38(27)17-23-8-6-22(15-33)7-9-23;1-22-6-8-23(9-7-22)15-17-35(30(37)27-14-16-32-28-5-3-2-4-26(27)28)20-29-34-33-21-36(29)19-25-12-10-24(18-31)11-13-25/h3-14,17,21H,15-16,19-20H2,1-2H3;2-11,14,16,19H,12-13,17-18H2,1H3;2-14,16,21H,15,17,19-20H2,1H3. The lowest BCUT2D eigenvalue weighted by molar-refractivity contribution is 0.0728. The number of pyridine rings is 3. The Morgan fingerprint density at radius 2 is 0.852 bits per heavy atom. The van der Waals surface area contributed by atoms with E-state index in [4.69, 9.17) is 43.7 Å². The molecule has 0 radical (unpaired) electrons. The van der Waals surface area contributed by atoms with Crippen molar-refractivity contribution in [1.82, 2.24) is 73.9 Å². The molecule has 0 aliphatic heterocycles. The predicted octanol–water partition coefficient (Wildman–Crippen LogP) is 16.1.